The fourth-order valence-electron chi connectivity index (χ4n) is 1.25. The number of nitrogens with zero attached hydrogens (tertiary/aromatic N) is 3. The zero-order valence-corrected chi connectivity index (χ0v) is 10.8. The van der Waals surface area contributed by atoms with Gasteiger partial charge in [-0.1, -0.05) is 23.4 Å². The van der Waals surface area contributed by atoms with Crippen molar-refractivity contribution in [2.24, 2.45) is 7.05 Å². The van der Waals surface area contributed by atoms with E-state index in [1.807, 2.05) is 25.5 Å². The van der Waals surface area contributed by atoms with Gasteiger partial charge in [0.05, 0.1) is 5.69 Å². The van der Waals surface area contributed by atoms with Gasteiger partial charge in [0.25, 0.3) is 0 Å². The number of aromatic nitrogens is 3. The second-order valence-corrected chi connectivity index (χ2v) is 5.54. The number of thiazole rings is 1. The van der Waals surface area contributed by atoms with Gasteiger partial charge >= 0.3 is 0 Å². The van der Waals surface area contributed by atoms with Crippen molar-refractivity contribution in [1.82, 2.24) is 14.8 Å². The lowest BCUT2D eigenvalue weighted by molar-refractivity contribution is 0.757. The van der Waals surface area contributed by atoms with Crippen molar-refractivity contribution >= 4 is 34.7 Å². The molecule has 0 saturated carbocycles. The normalized spacial score (nSPS) is 10.9. The second-order valence-electron chi connectivity index (χ2n) is 3.07. The molecule has 2 heterocycles. The zero-order valence-electron chi connectivity index (χ0n) is 8.40. The first-order valence-electron chi connectivity index (χ1n) is 4.38. The van der Waals surface area contributed by atoms with E-state index in [0.29, 0.717) is 0 Å². The van der Waals surface area contributed by atoms with Gasteiger partial charge in [0.2, 0.25) is 0 Å². The number of thioether (sulfide) groups is 1. The molecule has 0 spiro atoms. The Labute approximate surface area is 101 Å². The Morgan fingerprint density at radius 1 is 1.60 bits per heavy atom. The Bertz CT molecular complexity index is 450. The van der Waals surface area contributed by atoms with E-state index in [0.717, 1.165) is 26.5 Å². The summed E-state index contributed by atoms with van der Waals surface area (Å²) in [4.78, 5) is 4.21. The van der Waals surface area contributed by atoms with Crippen LogP contribution >= 0.6 is 34.7 Å². The lowest BCUT2D eigenvalue weighted by Gasteiger charge is -1.97. The molecule has 80 valence electrons. The Balaban J connectivity index is 2.11. The van der Waals surface area contributed by atoms with E-state index in [4.69, 9.17) is 11.6 Å². The molecule has 0 aliphatic rings. The van der Waals surface area contributed by atoms with Crippen molar-refractivity contribution in [3.8, 4) is 0 Å². The van der Waals surface area contributed by atoms with Crippen LogP contribution in [0.2, 0.25) is 5.15 Å². The summed E-state index contributed by atoms with van der Waals surface area (Å²) in [6.07, 6.45) is 1.81. The Hall–Kier alpha value is -0.520. The number of rotatable bonds is 3. The zero-order chi connectivity index (χ0) is 10.8. The lowest BCUT2D eigenvalue weighted by Crippen LogP contribution is -1.89. The molecule has 0 aliphatic heterocycles. The minimum Gasteiger partial charge on any atom is -0.257 e. The van der Waals surface area contributed by atoms with Gasteiger partial charge in [-0.3, -0.25) is 4.68 Å². The molecule has 0 aromatic carbocycles. The van der Waals surface area contributed by atoms with E-state index < -0.39 is 0 Å². The smallest absolute Gasteiger partial charge is 0.150 e. The van der Waals surface area contributed by atoms with Crippen LogP contribution in [-0.4, -0.2) is 14.8 Å². The van der Waals surface area contributed by atoms with Gasteiger partial charge < -0.3 is 0 Å². The molecule has 6 heteroatoms. The minimum absolute atomic E-state index is 0.719. The molecule has 0 aliphatic carbocycles. The van der Waals surface area contributed by atoms with E-state index in [-0.39, 0.29) is 0 Å². The average molecular weight is 260 g/mol. The predicted molar refractivity (Wildman–Crippen MR) is 64.6 cm³/mol. The number of halogens is 1. The summed E-state index contributed by atoms with van der Waals surface area (Å²) in [5, 5.41) is 6.96. The molecule has 0 bridgehead atoms. The van der Waals surface area contributed by atoms with Crippen LogP contribution in [0.5, 0.6) is 0 Å². The van der Waals surface area contributed by atoms with Crippen molar-refractivity contribution in [3.63, 3.8) is 0 Å². The highest BCUT2D eigenvalue weighted by atomic mass is 35.5. The SMILES string of the molecule is Cc1nn(C)c(Cl)c1CSc1nccs1. The van der Waals surface area contributed by atoms with Crippen LogP contribution in [0.25, 0.3) is 0 Å². The summed E-state index contributed by atoms with van der Waals surface area (Å²) in [7, 11) is 1.85. The van der Waals surface area contributed by atoms with E-state index in [9.17, 15) is 0 Å². The van der Waals surface area contributed by atoms with E-state index in [1.165, 1.54) is 0 Å². The second kappa shape index (κ2) is 4.55. The molecule has 0 saturated heterocycles. The largest absolute Gasteiger partial charge is 0.257 e. The third kappa shape index (κ3) is 2.35. The van der Waals surface area contributed by atoms with Gasteiger partial charge in [0, 0.05) is 29.9 Å². The van der Waals surface area contributed by atoms with Gasteiger partial charge in [-0.05, 0) is 6.92 Å². The molecular weight excluding hydrogens is 250 g/mol. The molecule has 2 aromatic heterocycles. The van der Waals surface area contributed by atoms with Crippen molar-refractivity contribution < 1.29 is 0 Å². The third-order valence-electron chi connectivity index (χ3n) is 2.02. The Morgan fingerprint density at radius 2 is 2.40 bits per heavy atom. The maximum absolute atomic E-state index is 6.12. The molecule has 2 aromatic rings. The predicted octanol–water partition coefficient (Wildman–Crippen LogP) is 3.13. The average Bonchev–Trinajstić information content (AvgIpc) is 2.76. The van der Waals surface area contributed by atoms with Gasteiger partial charge in [-0.2, -0.15) is 5.10 Å². The van der Waals surface area contributed by atoms with E-state index >= 15 is 0 Å². The highest BCUT2D eigenvalue weighted by molar-refractivity contribution is 8.00. The van der Waals surface area contributed by atoms with E-state index in [2.05, 4.69) is 10.1 Å². The van der Waals surface area contributed by atoms with Crippen LogP contribution in [0.3, 0.4) is 0 Å². The summed E-state index contributed by atoms with van der Waals surface area (Å²) >= 11 is 9.46. The van der Waals surface area contributed by atoms with Crippen LogP contribution in [0.4, 0.5) is 0 Å². The molecule has 3 nitrogen and oxygen atoms in total. The van der Waals surface area contributed by atoms with Crippen LogP contribution < -0.4 is 0 Å². The maximum Gasteiger partial charge on any atom is 0.150 e. The third-order valence-corrected chi connectivity index (χ3v) is 4.48. The fraction of sp³-hybridized carbons (Fsp3) is 0.333. The Morgan fingerprint density at radius 3 is 2.93 bits per heavy atom. The number of hydrogen-bond donors (Lipinski definition) is 0. The van der Waals surface area contributed by atoms with Gasteiger partial charge in [-0.25, -0.2) is 4.98 Å². The standard InChI is InChI=1S/C9H10ClN3S2/c1-6-7(8(10)13(2)12-6)5-15-9-11-3-4-14-9/h3-4H,5H2,1-2H3. The highest BCUT2D eigenvalue weighted by Gasteiger charge is 2.11. The summed E-state index contributed by atoms with van der Waals surface area (Å²) in [5.41, 5.74) is 2.09. The molecule has 15 heavy (non-hydrogen) atoms. The first-order valence-corrected chi connectivity index (χ1v) is 6.63. The summed E-state index contributed by atoms with van der Waals surface area (Å²) < 4.78 is 2.77. The van der Waals surface area contributed by atoms with Gasteiger partial charge in [-0.15, -0.1) is 11.3 Å². The molecule has 0 atom stereocenters. The lowest BCUT2D eigenvalue weighted by atomic mass is 10.3. The monoisotopic (exact) mass is 259 g/mol. The van der Waals surface area contributed by atoms with Gasteiger partial charge in [0.1, 0.15) is 9.49 Å². The van der Waals surface area contributed by atoms with Crippen molar-refractivity contribution in [2.75, 3.05) is 0 Å². The Kier molecular flexibility index (Phi) is 3.33. The van der Waals surface area contributed by atoms with Crippen LogP contribution in [0.15, 0.2) is 15.9 Å². The topological polar surface area (TPSA) is 30.7 Å². The molecule has 0 unspecified atom stereocenters. The van der Waals surface area contributed by atoms with Crippen LogP contribution in [0.1, 0.15) is 11.3 Å². The summed E-state index contributed by atoms with van der Waals surface area (Å²) in [6, 6.07) is 0. The number of hydrogen-bond acceptors (Lipinski definition) is 4. The van der Waals surface area contributed by atoms with Crippen molar-refractivity contribution in [2.45, 2.75) is 17.0 Å². The highest BCUT2D eigenvalue weighted by Crippen LogP contribution is 2.29. The molecule has 2 rings (SSSR count). The minimum atomic E-state index is 0.719. The van der Waals surface area contributed by atoms with Crippen molar-refractivity contribution in [1.29, 1.82) is 0 Å². The quantitative estimate of drug-likeness (QED) is 0.794. The van der Waals surface area contributed by atoms with Gasteiger partial charge in [0.15, 0.2) is 0 Å². The molecular formula is C9H10ClN3S2. The first-order chi connectivity index (χ1) is 7.18. The van der Waals surface area contributed by atoms with Crippen LogP contribution in [0, 0.1) is 6.92 Å². The van der Waals surface area contributed by atoms with Crippen molar-refractivity contribution in [3.05, 3.63) is 28.0 Å². The molecule has 0 amide bonds. The first kappa shape index (κ1) is 11.0. The van der Waals surface area contributed by atoms with E-state index in [1.54, 1.807) is 27.8 Å². The number of aryl methyl sites for hydroxylation is 2. The fourth-order valence-corrected chi connectivity index (χ4v) is 3.30. The molecule has 0 radical (unpaired) electrons. The maximum atomic E-state index is 6.12. The molecule has 0 fully saturated rings. The summed E-state index contributed by atoms with van der Waals surface area (Å²) in [5.74, 6) is 0.825. The summed E-state index contributed by atoms with van der Waals surface area (Å²) in [6.45, 7) is 1.98. The molecule has 0 N–H and O–H groups in total. The van der Waals surface area contributed by atoms with Crippen LogP contribution in [-0.2, 0) is 12.8 Å².